The number of hydrogen-bond acceptors (Lipinski definition) is 5. The SMILES string of the molecule is Fc1cccnc1O[C@H]1CO[C@@]2(CCCN(Cc3ccncc3)C2)C1. The molecule has 0 radical (unpaired) electrons. The van der Waals surface area contributed by atoms with Crippen molar-refractivity contribution in [3.8, 4) is 5.88 Å². The highest BCUT2D eigenvalue weighted by atomic mass is 19.1. The van der Waals surface area contributed by atoms with Crippen LogP contribution in [0.1, 0.15) is 24.8 Å². The fraction of sp³-hybridized carbons (Fsp3) is 0.474. The summed E-state index contributed by atoms with van der Waals surface area (Å²) in [5, 5.41) is 0. The van der Waals surface area contributed by atoms with E-state index in [1.807, 2.05) is 24.5 Å². The first-order valence-corrected chi connectivity index (χ1v) is 8.75. The number of piperidine rings is 1. The quantitative estimate of drug-likeness (QED) is 0.854. The molecule has 0 N–H and O–H groups in total. The lowest BCUT2D eigenvalue weighted by molar-refractivity contribution is -0.0538. The van der Waals surface area contributed by atoms with Crippen LogP contribution in [0.2, 0.25) is 0 Å². The molecule has 2 aromatic rings. The zero-order valence-electron chi connectivity index (χ0n) is 14.1. The highest BCUT2D eigenvalue weighted by Crippen LogP contribution is 2.36. The van der Waals surface area contributed by atoms with Gasteiger partial charge in [0.2, 0.25) is 0 Å². The number of hydrogen-bond donors (Lipinski definition) is 0. The molecule has 2 aliphatic rings. The Kier molecular flexibility index (Phi) is 4.63. The Bertz CT molecular complexity index is 715. The molecule has 0 bridgehead atoms. The number of likely N-dealkylation sites (tertiary alicyclic amines) is 1. The van der Waals surface area contributed by atoms with Crippen molar-refractivity contribution >= 4 is 0 Å². The van der Waals surface area contributed by atoms with E-state index in [4.69, 9.17) is 9.47 Å². The van der Waals surface area contributed by atoms with Gasteiger partial charge in [0.05, 0.1) is 12.2 Å². The second kappa shape index (κ2) is 7.06. The molecule has 0 aliphatic carbocycles. The molecule has 4 rings (SSSR count). The summed E-state index contributed by atoms with van der Waals surface area (Å²) in [6.45, 7) is 3.32. The highest BCUT2D eigenvalue weighted by Gasteiger charge is 2.44. The first-order chi connectivity index (χ1) is 12.2. The Labute approximate surface area is 146 Å². The number of rotatable bonds is 4. The molecule has 2 fully saturated rings. The van der Waals surface area contributed by atoms with Crippen molar-refractivity contribution in [2.75, 3.05) is 19.7 Å². The van der Waals surface area contributed by atoms with Crippen LogP contribution < -0.4 is 4.74 Å². The van der Waals surface area contributed by atoms with E-state index >= 15 is 0 Å². The van der Waals surface area contributed by atoms with Crippen LogP contribution in [-0.4, -0.2) is 46.3 Å². The lowest BCUT2D eigenvalue weighted by Crippen LogP contribution is -2.47. The van der Waals surface area contributed by atoms with Gasteiger partial charge in [0.25, 0.3) is 5.88 Å². The molecule has 2 atom stereocenters. The summed E-state index contributed by atoms with van der Waals surface area (Å²) in [5.74, 6) is -0.357. The molecule has 0 saturated carbocycles. The van der Waals surface area contributed by atoms with E-state index in [9.17, 15) is 4.39 Å². The van der Waals surface area contributed by atoms with Gasteiger partial charge in [-0.25, -0.2) is 9.37 Å². The largest absolute Gasteiger partial charge is 0.470 e. The van der Waals surface area contributed by atoms with Crippen molar-refractivity contribution in [3.63, 3.8) is 0 Å². The topological polar surface area (TPSA) is 47.5 Å². The predicted molar refractivity (Wildman–Crippen MR) is 90.7 cm³/mol. The van der Waals surface area contributed by atoms with Gasteiger partial charge in [-0.3, -0.25) is 9.88 Å². The van der Waals surface area contributed by atoms with Crippen molar-refractivity contribution in [1.82, 2.24) is 14.9 Å². The first-order valence-electron chi connectivity index (χ1n) is 8.75. The standard InChI is InChI=1S/C19H22FN3O2/c20-17-3-1-7-22-18(17)25-16-11-19(24-13-16)6-2-10-23(14-19)12-15-4-8-21-9-5-15/h1,3-5,7-9,16H,2,6,10-14H2/t16-,19+/m1/s1. The molecule has 1 spiro atoms. The van der Waals surface area contributed by atoms with Crippen LogP contribution >= 0.6 is 0 Å². The molecule has 2 aliphatic heterocycles. The summed E-state index contributed by atoms with van der Waals surface area (Å²) >= 11 is 0. The van der Waals surface area contributed by atoms with Gasteiger partial charge in [0.1, 0.15) is 6.10 Å². The van der Waals surface area contributed by atoms with Gasteiger partial charge in [-0.2, -0.15) is 0 Å². The van der Waals surface area contributed by atoms with Crippen LogP contribution in [0, 0.1) is 5.82 Å². The van der Waals surface area contributed by atoms with E-state index in [1.165, 1.54) is 11.6 Å². The molecule has 0 amide bonds. The predicted octanol–water partition coefficient (Wildman–Crippen LogP) is 2.82. The molecule has 132 valence electrons. The van der Waals surface area contributed by atoms with Gasteiger partial charge in [0.15, 0.2) is 5.82 Å². The maximum atomic E-state index is 13.7. The molecular weight excluding hydrogens is 321 g/mol. The number of halogens is 1. The third kappa shape index (κ3) is 3.80. The molecule has 2 saturated heterocycles. The van der Waals surface area contributed by atoms with Crippen LogP contribution in [0.25, 0.3) is 0 Å². The van der Waals surface area contributed by atoms with Crippen molar-refractivity contribution < 1.29 is 13.9 Å². The van der Waals surface area contributed by atoms with E-state index < -0.39 is 5.82 Å². The monoisotopic (exact) mass is 343 g/mol. The third-order valence-electron chi connectivity index (χ3n) is 4.95. The molecule has 5 nitrogen and oxygen atoms in total. The fourth-order valence-corrected chi connectivity index (χ4v) is 3.85. The minimum absolute atomic E-state index is 0.0672. The summed E-state index contributed by atoms with van der Waals surface area (Å²) in [4.78, 5) is 10.5. The third-order valence-corrected chi connectivity index (χ3v) is 4.95. The number of pyridine rings is 2. The normalized spacial score (nSPS) is 26.8. The summed E-state index contributed by atoms with van der Waals surface area (Å²) in [7, 11) is 0. The zero-order valence-corrected chi connectivity index (χ0v) is 14.1. The van der Waals surface area contributed by atoms with Crippen LogP contribution in [-0.2, 0) is 11.3 Å². The maximum Gasteiger partial charge on any atom is 0.250 e. The molecule has 0 aromatic carbocycles. The molecule has 25 heavy (non-hydrogen) atoms. The fourth-order valence-electron chi connectivity index (χ4n) is 3.85. The van der Waals surface area contributed by atoms with Crippen LogP contribution in [0.4, 0.5) is 4.39 Å². The van der Waals surface area contributed by atoms with E-state index in [1.54, 1.807) is 12.3 Å². The lowest BCUT2D eigenvalue weighted by Gasteiger charge is -2.39. The van der Waals surface area contributed by atoms with Gasteiger partial charge in [-0.1, -0.05) is 0 Å². The summed E-state index contributed by atoms with van der Waals surface area (Å²) < 4.78 is 25.6. The molecule has 6 heteroatoms. The van der Waals surface area contributed by atoms with Gasteiger partial charge in [-0.05, 0) is 49.2 Å². The summed E-state index contributed by atoms with van der Waals surface area (Å²) in [6.07, 6.45) is 7.93. The van der Waals surface area contributed by atoms with Crippen LogP contribution in [0.5, 0.6) is 5.88 Å². The van der Waals surface area contributed by atoms with E-state index in [0.717, 1.165) is 38.9 Å². The second-order valence-electron chi connectivity index (χ2n) is 6.90. The number of aromatic nitrogens is 2. The highest BCUT2D eigenvalue weighted by molar-refractivity contribution is 5.14. The Morgan fingerprint density at radius 2 is 2.16 bits per heavy atom. The first kappa shape index (κ1) is 16.4. The second-order valence-corrected chi connectivity index (χ2v) is 6.90. The Balaban J connectivity index is 1.38. The van der Waals surface area contributed by atoms with E-state index in [2.05, 4.69) is 14.9 Å². The van der Waals surface area contributed by atoms with Crippen molar-refractivity contribution in [2.45, 2.75) is 37.5 Å². The van der Waals surface area contributed by atoms with Crippen LogP contribution in [0.15, 0.2) is 42.9 Å². The Morgan fingerprint density at radius 3 is 3.00 bits per heavy atom. The summed E-state index contributed by atoms with van der Waals surface area (Å²) in [5.41, 5.74) is 1.06. The maximum absolute atomic E-state index is 13.7. The molecule has 4 heterocycles. The van der Waals surface area contributed by atoms with Gasteiger partial charge in [-0.15, -0.1) is 0 Å². The van der Waals surface area contributed by atoms with E-state index in [0.29, 0.717) is 6.61 Å². The Hall–Kier alpha value is -2.05. The van der Waals surface area contributed by atoms with Crippen LogP contribution in [0.3, 0.4) is 0 Å². The summed E-state index contributed by atoms with van der Waals surface area (Å²) in [6, 6.07) is 7.02. The number of ether oxygens (including phenoxy) is 2. The van der Waals surface area contributed by atoms with Crippen molar-refractivity contribution in [2.24, 2.45) is 0 Å². The van der Waals surface area contributed by atoms with Gasteiger partial charge >= 0.3 is 0 Å². The molecular formula is C19H22FN3O2. The van der Waals surface area contributed by atoms with Crippen molar-refractivity contribution in [3.05, 3.63) is 54.2 Å². The van der Waals surface area contributed by atoms with Crippen molar-refractivity contribution in [1.29, 1.82) is 0 Å². The lowest BCUT2D eigenvalue weighted by atomic mass is 9.89. The molecule has 0 unspecified atom stereocenters. The van der Waals surface area contributed by atoms with Gasteiger partial charge in [0, 0.05) is 38.1 Å². The minimum Gasteiger partial charge on any atom is -0.470 e. The Morgan fingerprint density at radius 1 is 1.28 bits per heavy atom. The zero-order chi connectivity index (χ0) is 17.1. The average molecular weight is 343 g/mol. The molecule has 2 aromatic heterocycles. The average Bonchev–Trinajstić information content (AvgIpc) is 3.00. The minimum atomic E-state index is -0.425. The smallest absolute Gasteiger partial charge is 0.250 e. The van der Waals surface area contributed by atoms with Gasteiger partial charge < -0.3 is 9.47 Å². The number of nitrogens with zero attached hydrogens (tertiary/aromatic N) is 3. The van der Waals surface area contributed by atoms with E-state index in [-0.39, 0.29) is 17.6 Å².